The van der Waals surface area contributed by atoms with Crippen LogP contribution in [0.25, 0.3) is 0 Å². The topological polar surface area (TPSA) is 17.1 Å². The lowest BCUT2D eigenvalue weighted by Crippen LogP contribution is -2.28. The van der Waals surface area contributed by atoms with Crippen LogP contribution in [-0.4, -0.2) is 11.1 Å². The summed E-state index contributed by atoms with van der Waals surface area (Å²) in [5.74, 6) is 3.74. The first-order chi connectivity index (χ1) is 10.2. The zero-order chi connectivity index (χ0) is 15.1. The van der Waals surface area contributed by atoms with Crippen molar-refractivity contribution in [1.82, 2.24) is 0 Å². The van der Waals surface area contributed by atoms with Gasteiger partial charge in [0, 0.05) is 5.92 Å². The van der Waals surface area contributed by atoms with Crippen LogP contribution in [0.4, 0.5) is 0 Å². The highest BCUT2D eigenvalue weighted by Gasteiger charge is 2.32. The Morgan fingerprint density at radius 2 is 1.48 bits per heavy atom. The van der Waals surface area contributed by atoms with Crippen molar-refractivity contribution >= 4 is 21.7 Å². The summed E-state index contributed by atoms with van der Waals surface area (Å²) in [7, 11) is 0. The molecule has 0 atom stereocenters. The number of rotatable bonds is 7. The minimum absolute atomic E-state index is 0.367. The molecule has 1 nitrogen and oxygen atoms in total. The smallest absolute Gasteiger partial charge is 0.146 e. The Morgan fingerprint density at radius 1 is 0.905 bits per heavy atom. The highest BCUT2D eigenvalue weighted by molar-refractivity contribution is 9.09. The molecule has 2 rings (SSSR count). The van der Waals surface area contributed by atoms with E-state index in [1.165, 1.54) is 64.2 Å². The van der Waals surface area contributed by atoms with Crippen LogP contribution >= 0.6 is 15.9 Å². The molecule has 0 spiro atoms. The summed E-state index contributed by atoms with van der Waals surface area (Å²) in [6.45, 7) is 2.30. The van der Waals surface area contributed by atoms with E-state index in [0.717, 1.165) is 30.6 Å². The number of unbranched alkanes of at least 4 members (excludes halogenated alkanes) is 2. The van der Waals surface area contributed by atoms with E-state index in [0.29, 0.717) is 17.0 Å². The van der Waals surface area contributed by atoms with Crippen molar-refractivity contribution in [3.8, 4) is 0 Å². The third-order valence-corrected chi connectivity index (χ3v) is 6.69. The molecule has 0 amide bonds. The minimum atomic E-state index is 0.367. The Bertz CT molecular complexity index is 299. The van der Waals surface area contributed by atoms with Crippen molar-refractivity contribution in [3.05, 3.63) is 0 Å². The second-order valence-corrected chi connectivity index (χ2v) is 8.05. The number of hydrogen-bond donors (Lipinski definition) is 0. The molecule has 0 unspecified atom stereocenters. The average molecular weight is 357 g/mol. The van der Waals surface area contributed by atoms with Crippen LogP contribution in [0.2, 0.25) is 0 Å². The molecular formula is C19H33BrO. The highest BCUT2D eigenvalue weighted by atomic mass is 79.9. The van der Waals surface area contributed by atoms with E-state index in [-0.39, 0.29) is 0 Å². The van der Waals surface area contributed by atoms with Gasteiger partial charge in [0.2, 0.25) is 0 Å². The number of alkyl halides is 1. The number of carbonyl (C=O) groups is 1. The van der Waals surface area contributed by atoms with Gasteiger partial charge in [-0.15, -0.1) is 0 Å². The summed E-state index contributed by atoms with van der Waals surface area (Å²) in [5.41, 5.74) is 0. The lowest BCUT2D eigenvalue weighted by atomic mass is 9.68. The van der Waals surface area contributed by atoms with E-state index < -0.39 is 0 Å². The quantitative estimate of drug-likeness (QED) is 0.395. The predicted octanol–water partition coefficient (Wildman–Crippen LogP) is 6.14. The third kappa shape index (κ3) is 5.37. The van der Waals surface area contributed by atoms with E-state index in [9.17, 15) is 4.79 Å². The van der Waals surface area contributed by atoms with Crippen LogP contribution < -0.4 is 0 Å². The predicted molar refractivity (Wildman–Crippen MR) is 93.8 cm³/mol. The fourth-order valence-corrected chi connectivity index (χ4v) is 5.11. The zero-order valence-corrected chi connectivity index (χ0v) is 15.4. The van der Waals surface area contributed by atoms with Gasteiger partial charge in [0.1, 0.15) is 5.78 Å². The first-order valence-corrected chi connectivity index (χ1v) is 10.4. The normalized spacial score (nSPS) is 33.8. The molecule has 0 heterocycles. The third-order valence-electron chi connectivity index (χ3n) is 6.13. The van der Waals surface area contributed by atoms with E-state index in [2.05, 4.69) is 22.9 Å². The summed E-state index contributed by atoms with van der Waals surface area (Å²) >= 11 is 3.32. The number of Topliss-reactive ketones (excluding diaryl/α,β-unsaturated/α-hetero) is 1. The molecule has 2 aliphatic carbocycles. The first kappa shape index (κ1) is 17.5. The van der Waals surface area contributed by atoms with Crippen LogP contribution in [0.15, 0.2) is 0 Å². The Balaban J connectivity index is 1.66. The van der Waals surface area contributed by atoms with Crippen molar-refractivity contribution in [2.24, 2.45) is 23.7 Å². The Kier molecular flexibility index (Phi) is 7.77. The molecule has 0 aromatic carbocycles. The summed E-state index contributed by atoms with van der Waals surface area (Å²) in [6.07, 6.45) is 16.6. The van der Waals surface area contributed by atoms with Crippen LogP contribution in [-0.2, 0) is 4.79 Å². The number of hydrogen-bond acceptors (Lipinski definition) is 1. The number of ketones is 1. The van der Waals surface area contributed by atoms with Gasteiger partial charge >= 0.3 is 0 Å². The fourth-order valence-electron chi connectivity index (χ4n) is 4.65. The fraction of sp³-hybridized carbons (Fsp3) is 0.947. The second kappa shape index (κ2) is 9.33. The lowest BCUT2D eigenvalue weighted by molar-refractivity contribution is -0.121. The molecule has 2 heteroatoms. The van der Waals surface area contributed by atoms with Crippen molar-refractivity contribution in [2.45, 2.75) is 84.0 Å². The van der Waals surface area contributed by atoms with Crippen LogP contribution in [0.5, 0.6) is 0 Å². The van der Waals surface area contributed by atoms with Gasteiger partial charge in [0.15, 0.2) is 0 Å². The van der Waals surface area contributed by atoms with Gasteiger partial charge in [-0.3, -0.25) is 4.79 Å². The number of halogens is 1. The summed E-state index contributed by atoms with van der Waals surface area (Å²) in [6, 6.07) is 0. The van der Waals surface area contributed by atoms with Crippen LogP contribution in [0.3, 0.4) is 0 Å². The molecule has 122 valence electrons. The van der Waals surface area contributed by atoms with Crippen LogP contribution in [0, 0.1) is 23.7 Å². The van der Waals surface area contributed by atoms with E-state index in [4.69, 9.17) is 0 Å². The zero-order valence-electron chi connectivity index (χ0n) is 13.8. The second-order valence-electron chi connectivity index (χ2n) is 7.49. The first-order valence-electron chi connectivity index (χ1n) is 9.33. The van der Waals surface area contributed by atoms with Gasteiger partial charge in [-0.05, 0) is 56.3 Å². The number of carbonyl (C=O) groups excluding carboxylic acids is 1. The summed E-state index contributed by atoms with van der Waals surface area (Å²) in [5, 5.41) is 0.561. The molecule has 0 radical (unpaired) electrons. The van der Waals surface area contributed by atoms with E-state index >= 15 is 0 Å². The van der Waals surface area contributed by atoms with Gasteiger partial charge in [0.25, 0.3) is 0 Å². The molecule has 2 fully saturated rings. The molecule has 0 bridgehead atoms. The summed E-state index contributed by atoms with van der Waals surface area (Å²) in [4.78, 5) is 11.8. The van der Waals surface area contributed by atoms with Crippen molar-refractivity contribution < 1.29 is 4.79 Å². The molecule has 21 heavy (non-hydrogen) atoms. The molecular weight excluding hydrogens is 324 g/mol. The van der Waals surface area contributed by atoms with Gasteiger partial charge in [-0.1, -0.05) is 61.4 Å². The van der Waals surface area contributed by atoms with Gasteiger partial charge in [-0.25, -0.2) is 0 Å². The van der Waals surface area contributed by atoms with Crippen LogP contribution in [0.1, 0.15) is 84.0 Å². The largest absolute Gasteiger partial charge is 0.298 e. The maximum atomic E-state index is 11.8. The summed E-state index contributed by atoms with van der Waals surface area (Å²) < 4.78 is 0. The molecule has 0 aromatic heterocycles. The average Bonchev–Trinajstić information content (AvgIpc) is 2.55. The van der Waals surface area contributed by atoms with Gasteiger partial charge in [-0.2, -0.15) is 0 Å². The molecule has 0 saturated heterocycles. The lowest BCUT2D eigenvalue weighted by Gasteiger charge is -2.37. The van der Waals surface area contributed by atoms with Crippen molar-refractivity contribution in [1.29, 1.82) is 0 Å². The molecule has 0 N–H and O–H groups in total. The Labute approximate surface area is 139 Å². The SMILES string of the molecule is CCCCCC1CCC(C2CCC(C(=O)CBr)CC2)CC1. The molecule has 2 saturated carbocycles. The van der Waals surface area contributed by atoms with E-state index in [1.807, 2.05) is 0 Å². The van der Waals surface area contributed by atoms with Crippen molar-refractivity contribution in [3.63, 3.8) is 0 Å². The minimum Gasteiger partial charge on any atom is -0.298 e. The van der Waals surface area contributed by atoms with Gasteiger partial charge in [0.05, 0.1) is 5.33 Å². The standard InChI is InChI=1S/C19H33BrO/c1-2-3-4-5-15-6-8-16(9-7-15)17-10-12-18(13-11-17)19(21)14-20/h15-18H,2-14H2,1H3. The maximum absolute atomic E-state index is 11.8. The van der Waals surface area contributed by atoms with Gasteiger partial charge < -0.3 is 0 Å². The monoisotopic (exact) mass is 356 g/mol. The molecule has 0 aliphatic heterocycles. The molecule has 2 aliphatic rings. The highest BCUT2D eigenvalue weighted by Crippen LogP contribution is 2.42. The van der Waals surface area contributed by atoms with Crippen molar-refractivity contribution in [2.75, 3.05) is 5.33 Å². The Morgan fingerprint density at radius 3 is 2.00 bits per heavy atom. The molecule has 0 aromatic rings. The van der Waals surface area contributed by atoms with E-state index in [1.54, 1.807) is 0 Å². The maximum Gasteiger partial charge on any atom is 0.146 e. The Hall–Kier alpha value is 0.150.